The van der Waals surface area contributed by atoms with E-state index >= 15 is 0 Å². The molecule has 0 spiro atoms. The maximum absolute atomic E-state index is 14.0. The van der Waals surface area contributed by atoms with Crippen molar-refractivity contribution in [3.05, 3.63) is 24.0 Å². The number of rotatable bonds is 7. The molecule has 0 aromatic heterocycles. The van der Waals surface area contributed by atoms with Gasteiger partial charge in [-0.25, -0.2) is 21.2 Å². The van der Waals surface area contributed by atoms with E-state index < -0.39 is 48.7 Å². The molecule has 23 heavy (non-hydrogen) atoms. The predicted octanol–water partition coefficient (Wildman–Crippen LogP) is 0.585. The summed E-state index contributed by atoms with van der Waals surface area (Å²) in [5.74, 6) is -3.16. The summed E-state index contributed by atoms with van der Waals surface area (Å²) in [5.41, 5.74) is -0.150. The van der Waals surface area contributed by atoms with Crippen molar-refractivity contribution < 1.29 is 31.1 Å². The van der Waals surface area contributed by atoms with Crippen molar-refractivity contribution in [1.29, 1.82) is 0 Å². The minimum absolute atomic E-state index is 0.150. The van der Waals surface area contributed by atoms with Crippen LogP contribution < -0.4 is 9.44 Å². The number of hydrogen-bond acceptors (Lipinski definition) is 5. The van der Waals surface area contributed by atoms with Gasteiger partial charge in [0.25, 0.3) is 0 Å². The lowest BCUT2D eigenvalue weighted by Crippen LogP contribution is -2.44. The predicted molar refractivity (Wildman–Crippen MR) is 81.4 cm³/mol. The van der Waals surface area contributed by atoms with E-state index in [0.717, 1.165) is 18.4 Å². The summed E-state index contributed by atoms with van der Waals surface area (Å²) in [6, 6.07) is 1.18. The summed E-state index contributed by atoms with van der Waals surface area (Å²) in [4.78, 5) is 10.3. The van der Waals surface area contributed by atoms with Gasteiger partial charge in [0.05, 0.1) is 11.9 Å². The summed E-state index contributed by atoms with van der Waals surface area (Å²) >= 11 is 0. The van der Waals surface area contributed by atoms with Crippen molar-refractivity contribution in [3.63, 3.8) is 0 Å². The molecule has 0 aliphatic rings. The fourth-order valence-corrected chi connectivity index (χ4v) is 3.65. The van der Waals surface area contributed by atoms with Gasteiger partial charge in [-0.3, -0.25) is 9.52 Å². The summed E-state index contributed by atoms with van der Waals surface area (Å²) in [5, 5.41) is 9.00. The Labute approximate surface area is 133 Å². The average Bonchev–Trinajstić information content (AvgIpc) is 2.33. The lowest BCUT2D eigenvalue weighted by atomic mass is 10.1. The van der Waals surface area contributed by atoms with Gasteiger partial charge in [-0.15, -0.1) is 0 Å². The minimum Gasteiger partial charge on any atom is -0.480 e. The SMILES string of the molecule is CC(C)[C@@H](NS(=O)(=O)c1ccc(NS(C)(=O)=O)cc1F)C(=O)O. The van der Waals surface area contributed by atoms with Gasteiger partial charge in [0.15, 0.2) is 0 Å². The van der Waals surface area contributed by atoms with Crippen molar-refractivity contribution in [2.24, 2.45) is 5.92 Å². The van der Waals surface area contributed by atoms with E-state index in [1.807, 2.05) is 9.44 Å². The third-order valence-corrected chi connectivity index (χ3v) is 4.82. The maximum atomic E-state index is 14.0. The van der Waals surface area contributed by atoms with Crippen molar-refractivity contribution in [2.45, 2.75) is 24.8 Å². The fourth-order valence-electron chi connectivity index (χ4n) is 1.70. The van der Waals surface area contributed by atoms with Crippen LogP contribution in [0.2, 0.25) is 0 Å². The van der Waals surface area contributed by atoms with E-state index in [4.69, 9.17) is 5.11 Å². The van der Waals surface area contributed by atoms with Crippen LogP contribution in [0.3, 0.4) is 0 Å². The van der Waals surface area contributed by atoms with Crippen molar-refractivity contribution in [2.75, 3.05) is 11.0 Å². The van der Waals surface area contributed by atoms with Gasteiger partial charge in [-0.05, 0) is 24.1 Å². The van der Waals surface area contributed by atoms with Gasteiger partial charge in [-0.2, -0.15) is 4.72 Å². The third-order valence-electron chi connectivity index (χ3n) is 2.74. The topological polar surface area (TPSA) is 130 Å². The Morgan fingerprint density at radius 2 is 1.78 bits per heavy atom. The van der Waals surface area contributed by atoms with Crippen LogP contribution in [0.5, 0.6) is 0 Å². The molecule has 1 aromatic rings. The number of sulfonamides is 2. The quantitative estimate of drug-likeness (QED) is 0.646. The molecular weight excluding hydrogens is 351 g/mol. The molecule has 0 radical (unpaired) electrons. The molecule has 1 atom stereocenters. The number of nitrogens with one attached hydrogen (secondary N) is 2. The van der Waals surface area contributed by atoms with Crippen LogP contribution in [-0.4, -0.2) is 40.2 Å². The minimum atomic E-state index is -4.42. The number of halogens is 1. The highest BCUT2D eigenvalue weighted by Gasteiger charge is 2.29. The van der Waals surface area contributed by atoms with Gasteiger partial charge in [0.2, 0.25) is 20.0 Å². The fraction of sp³-hybridized carbons (Fsp3) is 0.417. The first-order chi connectivity index (χ1) is 10.3. The van der Waals surface area contributed by atoms with E-state index in [-0.39, 0.29) is 5.69 Å². The van der Waals surface area contributed by atoms with E-state index in [9.17, 15) is 26.0 Å². The summed E-state index contributed by atoms with van der Waals surface area (Å²) in [6.45, 7) is 2.99. The molecule has 11 heteroatoms. The Bertz CT molecular complexity index is 805. The van der Waals surface area contributed by atoms with Crippen LogP contribution in [0.4, 0.5) is 10.1 Å². The zero-order valence-electron chi connectivity index (χ0n) is 12.6. The zero-order chi connectivity index (χ0) is 18.0. The van der Waals surface area contributed by atoms with Crippen LogP contribution >= 0.6 is 0 Å². The van der Waals surface area contributed by atoms with Gasteiger partial charge >= 0.3 is 5.97 Å². The largest absolute Gasteiger partial charge is 0.480 e. The second-order valence-corrected chi connectivity index (χ2v) is 8.63. The highest BCUT2D eigenvalue weighted by Crippen LogP contribution is 2.20. The van der Waals surface area contributed by atoms with Crippen LogP contribution in [0.1, 0.15) is 13.8 Å². The van der Waals surface area contributed by atoms with Gasteiger partial charge in [0, 0.05) is 0 Å². The molecule has 1 rings (SSSR count). The molecule has 0 saturated heterocycles. The molecule has 0 heterocycles. The number of anilines is 1. The summed E-state index contributed by atoms with van der Waals surface area (Å²) < 4.78 is 64.2. The normalized spacial score (nSPS) is 13.8. The number of hydrogen-bond donors (Lipinski definition) is 3. The van der Waals surface area contributed by atoms with E-state index in [1.54, 1.807) is 0 Å². The van der Waals surface area contributed by atoms with Gasteiger partial charge < -0.3 is 5.11 Å². The van der Waals surface area contributed by atoms with Crippen LogP contribution in [0.25, 0.3) is 0 Å². The highest BCUT2D eigenvalue weighted by molar-refractivity contribution is 7.92. The highest BCUT2D eigenvalue weighted by atomic mass is 32.2. The van der Waals surface area contributed by atoms with Crippen LogP contribution in [0.15, 0.2) is 23.1 Å². The number of carboxylic acids is 1. The molecule has 0 unspecified atom stereocenters. The monoisotopic (exact) mass is 368 g/mol. The summed E-state index contributed by atoms with van der Waals surface area (Å²) in [6.07, 6.45) is 0.858. The first kappa shape index (κ1) is 19.3. The second kappa shape index (κ2) is 6.81. The second-order valence-electron chi connectivity index (χ2n) is 5.20. The van der Waals surface area contributed by atoms with Gasteiger partial charge in [0.1, 0.15) is 16.8 Å². The lowest BCUT2D eigenvalue weighted by molar-refractivity contribution is -0.140. The Morgan fingerprint density at radius 3 is 2.17 bits per heavy atom. The number of carbonyl (C=O) groups is 1. The van der Waals surface area contributed by atoms with Crippen molar-refractivity contribution >= 4 is 31.7 Å². The Kier molecular flexibility index (Phi) is 5.72. The van der Waals surface area contributed by atoms with Crippen molar-refractivity contribution in [1.82, 2.24) is 4.72 Å². The smallest absolute Gasteiger partial charge is 0.322 e. The van der Waals surface area contributed by atoms with E-state index in [0.29, 0.717) is 6.07 Å². The molecule has 1 aromatic carbocycles. The molecular formula is C12H17FN2O6S2. The molecule has 0 bridgehead atoms. The molecule has 0 saturated carbocycles. The molecule has 0 aliphatic heterocycles. The Morgan fingerprint density at radius 1 is 1.22 bits per heavy atom. The van der Waals surface area contributed by atoms with Crippen LogP contribution in [-0.2, 0) is 24.8 Å². The lowest BCUT2D eigenvalue weighted by Gasteiger charge is -2.18. The molecule has 0 aliphatic carbocycles. The Hall–Kier alpha value is -1.72. The third kappa shape index (κ3) is 5.44. The van der Waals surface area contributed by atoms with E-state index in [1.165, 1.54) is 13.8 Å². The van der Waals surface area contributed by atoms with E-state index in [2.05, 4.69) is 0 Å². The molecule has 0 amide bonds. The standard InChI is InChI=1S/C12H17FN2O6S2/c1-7(2)11(12(16)17)15-23(20,21)10-5-4-8(6-9(10)13)14-22(3,18)19/h4-7,11,14-15H,1-3H3,(H,16,17)/t11-/m1/s1. The van der Waals surface area contributed by atoms with Gasteiger partial charge in [-0.1, -0.05) is 13.8 Å². The number of carboxylic acid groups (broad SMARTS) is 1. The number of benzene rings is 1. The Balaban J connectivity index is 3.17. The number of aliphatic carboxylic acids is 1. The van der Waals surface area contributed by atoms with Crippen molar-refractivity contribution in [3.8, 4) is 0 Å². The molecule has 130 valence electrons. The average molecular weight is 368 g/mol. The molecule has 8 nitrogen and oxygen atoms in total. The first-order valence-corrected chi connectivity index (χ1v) is 9.73. The molecule has 0 fully saturated rings. The maximum Gasteiger partial charge on any atom is 0.322 e. The first-order valence-electron chi connectivity index (χ1n) is 6.36. The summed E-state index contributed by atoms with van der Waals surface area (Å²) in [7, 11) is -8.07. The molecule has 3 N–H and O–H groups in total. The zero-order valence-corrected chi connectivity index (χ0v) is 14.2. The van der Waals surface area contributed by atoms with Crippen LogP contribution in [0, 0.1) is 11.7 Å².